The molecule has 0 aromatic carbocycles. The third-order valence-corrected chi connectivity index (χ3v) is 14.0. The van der Waals surface area contributed by atoms with Crippen LogP contribution in [0.3, 0.4) is 0 Å². The summed E-state index contributed by atoms with van der Waals surface area (Å²) in [5.74, 6) is 5.78. The molecule has 5 rings (SSSR count). The van der Waals surface area contributed by atoms with Gasteiger partial charge >= 0.3 is 11.9 Å². The minimum absolute atomic E-state index is 0.303. The Bertz CT molecular complexity index is 979. The molecule has 8 nitrogen and oxygen atoms in total. The number of rotatable bonds is 22. The van der Waals surface area contributed by atoms with Crippen molar-refractivity contribution in [2.24, 2.45) is 47.3 Å². The van der Waals surface area contributed by atoms with Crippen molar-refractivity contribution in [1.29, 1.82) is 0 Å². The van der Waals surface area contributed by atoms with E-state index in [-0.39, 0.29) is 11.9 Å². The Balaban J connectivity index is 0.860. The molecule has 0 radical (unpaired) electrons. The highest BCUT2D eigenvalue weighted by Gasteiger charge is 2.33. The number of esters is 2. The molecule has 5 aliphatic rings. The van der Waals surface area contributed by atoms with Gasteiger partial charge in [0.1, 0.15) is 0 Å². The lowest BCUT2D eigenvalue weighted by Gasteiger charge is -2.36. The van der Waals surface area contributed by atoms with Crippen LogP contribution in [0.15, 0.2) is 25.3 Å². The highest BCUT2D eigenvalue weighted by Crippen LogP contribution is 2.39. The lowest BCUT2D eigenvalue weighted by molar-refractivity contribution is -0.325. The van der Waals surface area contributed by atoms with Gasteiger partial charge in [-0.2, -0.15) is 0 Å². The molecule has 0 N–H and O–H groups in total. The van der Waals surface area contributed by atoms with Crippen LogP contribution < -0.4 is 0 Å². The Morgan fingerprint density at radius 1 is 0.444 bits per heavy atom. The third kappa shape index (κ3) is 16.0. The Hall–Kier alpha value is -1.74. The second kappa shape index (κ2) is 24.8. The first-order valence-corrected chi connectivity index (χ1v) is 22.5. The molecule has 0 aromatic rings. The van der Waals surface area contributed by atoms with Crippen LogP contribution in [0.5, 0.6) is 0 Å². The highest BCUT2D eigenvalue weighted by atomic mass is 16.8. The fourth-order valence-corrected chi connectivity index (χ4v) is 10.3. The maximum Gasteiger partial charge on any atom is 0.330 e. The summed E-state index contributed by atoms with van der Waals surface area (Å²) in [5, 5.41) is 0. The van der Waals surface area contributed by atoms with Gasteiger partial charge in [-0.15, -0.1) is 0 Å². The molecule has 1 aliphatic heterocycles. The van der Waals surface area contributed by atoms with Gasteiger partial charge in [-0.05, 0) is 98.7 Å². The molecule has 0 spiro atoms. The van der Waals surface area contributed by atoms with E-state index in [2.05, 4.69) is 13.2 Å². The Labute approximate surface area is 328 Å². The number of hydrogen-bond donors (Lipinski definition) is 0. The summed E-state index contributed by atoms with van der Waals surface area (Å²) in [6.07, 6.45) is 32.8. The molecule has 0 aromatic heterocycles. The van der Waals surface area contributed by atoms with Gasteiger partial charge in [0.05, 0.1) is 39.6 Å². The van der Waals surface area contributed by atoms with Crippen molar-refractivity contribution < 1.29 is 38.0 Å². The number of carbonyl (C=O) groups is 2. The van der Waals surface area contributed by atoms with Crippen molar-refractivity contribution in [1.82, 2.24) is 0 Å². The number of hydrogen-bond acceptors (Lipinski definition) is 8. The molecule has 8 heteroatoms. The van der Waals surface area contributed by atoms with Crippen LogP contribution in [0.1, 0.15) is 154 Å². The fraction of sp³-hybridized carbons (Fsp3) is 0.870. The van der Waals surface area contributed by atoms with Gasteiger partial charge in [0, 0.05) is 12.2 Å². The maximum absolute atomic E-state index is 11.2. The van der Waals surface area contributed by atoms with Gasteiger partial charge in [0.15, 0.2) is 0 Å². The van der Waals surface area contributed by atoms with Crippen LogP contribution in [0.2, 0.25) is 0 Å². The van der Waals surface area contributed by atoms with Gasteiger partial charge in [-0.1, -0.05) is 116 Å². The fourth-order valence-electron chi connectivity index (χ4n) is 10.3. The molecule has 308 valence electrons. The number of carbonyl (C=O) groups excluding carboxylic acids is 2. The molecule has 0 unspecified atom stereocenters. The summed E-state index contributed by atoms with van der Waals surface area (Å²) < 4.78 is 35.1. The van der Waals surface area contributed by atoms with Crippen LogP contribution >= 0.6 is 0 Å². The summed E-state index contributed by atoms with van der Waals surface area (Å²) in [6, 6.07) is 0. The van der Waals surface area contributed by atoms with E-state index in [1.807, 2.05) is 0 Å². The van der Waals surface area contributed by atoms with Crippen molar-refractivity contribution >= 4 is 11.9 Å². The van der Waals surface area contributed by atoms with Crippen molar-refractivity contribution in [2.75, 3.05) is 39.6 Å². The van der Waals surface area contributed by atoms with Crippen LogP contribution in [-0.2, 0) is 38.0 Å². The van der Waals surface area contributed by atoms with Crippen molar-refractivity contribution in [2.45, 2.75) is 167 Å². The molecule has 4 saturated carbocycles. The zero-order valence-corrected chi connectivity index (χ0v) is 33.8. The lowest BCUT2D eigenvalue weighted by atomic mass is 9.75. The van der Waals surface area contributed by atoms with Crippen molar-refractivity contribution in [3.63, 3.8) is 0 Å². The molecular formula is C46H76O8. The van der Waals surface area contributed by atoms with E-state index in [1.165, 1.54) is 153 Å². The van der Waals surface area contributed by atoms with E-state index in [0.717, 1.165) is 61.6 Å². The van der Waals surface area contributed by atoms with Crippen molar-refractivity contribution in [3.05, 3.63) is 25.3 Å². The average molecular weight is 757 g/mol. The first kappa shape index (κ1) is 43.4. The van der Waals surface area contributed by atoms with Gasteiger partial charge < -0.3 is 28.4 Å². The van der Waals surface area contributed by atoms with Crippen LogP contribution in [0.25, 0.3) is 0 Å². The average Bonchev–Trinajstić information content (AvgIpc) is 3.22. The third-order valence-electron chi connectivity index (χ3n) is 14.0. The van der Waals surface area contributed by atoms with Crippen LogP contribution in [0.4, 0.5) is 0 Å². The van der Waals surface area contributed by atoms with E-state index in [9.17, 15) is 9.59 Å². The van der Waals surface area contributed by atoms with Crippen LogP contribution in [0, 0.1) is 47.3 Å². The first-order chi connectivity index (χ1) is 26.5. The predicted molar refractivity (Wildman–Crippen MR) is 212 cm³/mol. The van der Waals surface area contributed by atoms with E-state index >= 15 is 0 Å². The quantitative estimate of drug-likeness (QED) is 0.0613. The second-order valence-corrected chi connectivity index (χ2v) is 17.9. The smallest absolute Gasteiger partial charge is 0.330 e. The minimum Gasteiger partial charge on any atom is -0.463 e. The van der Waals surface area contributed by atoms with E-state index in [0.29, 0.717) is 38.3 Å². The summed E-state index contributed by atoms with van der Waals surface area (Å²) >= 11 is 0. The topological polar surface area (TPSA) is 89.5 Å². The molecule has 54 heavy (non-hydrogen) atoms. The molecule has 1 saturated heterocycles. The predicted octanol–water partition coefficient (Wildman–Crippen LogP) is 10.5. The normalized spacial score (nSPS) is 33.4. The van der Waals surface area contributed by atoms with Gasteiger partial charge in [-0.3, -0.25) is 0 Å². The summed E-state index contributed by atoms with van der Waals surface area (Å²) in [4.78, 5) is 22.4. The molecule has 0 amide bonds. The highest BCUT2D eigenvalue weighted by molar-refractivity contribution is 5.81. The summed E-state index contributed by atoms with van der Waals surface area (Å²) in [7, 11) is 0. The van der Waals surface area contributed by atoms with E-state index < -0.39 is 12.6 Å². The summed E-state index contributed by atoms with van der Waals surface area (Å²) in [6.45, 7) is 10.6. The van der Waals surface area contributed by atoms with Gasteiger partial charge in [0.25, 0.3) is 0 Å². The molecule has 5 fully saturated rings. The molecule has 4 aliphatic carbocycles. The second-order valence-electron chi connectivity index (χ2n) is 17.9. The first-order valence-electron chi connectivity index (χ1n) is 22.5. The standard InChI is InChI=1S/C46H76O8/c1-3-43(47)49-29-5-7-35-9-13-37(14-10-35)17-19-39-21-25-41(26-22-39)33-53-45-46(52-32-31-51-45)54-34-42-27-23-40(24-28-42)20-18-38-15-11-36(12-16-38)8-6-30-50-44(48)4-2/h3-4,35-42,45-46H,1-2,5-34H2/t35-,36-,37-,38-,39-,40-,41-,42-,45-,46-/m0/s1. The Kier molecular flexibility index (Phi) is 19.9. The lowest BCUT2D eigenvalue weighted by Crippen LogP contribution is -2.43. The van der Waals surface area contributed by atoms with Crippen LogP contribution in [-0.4, -0.2) is 64.2 Å². The number of ether oxygens (including phenoxy) is 6. The zero-order chi connectivity index (χ0) is 37.8. The van der Waals surface area contributed by atoms with Gasteiger partial charge in [0.2, 0.25) is 12.6 Å². The Morgan fingerprint density at radius 2 is 0.722 bits per heavy atom. The minimum atomic E-state index is -0.407. The molecular weight excluding hydrogens is 680 g/mol. The SMILES string of the molecule is C=CC(=O)OCCC[C@H]1CC[C@H](CC[C@H]2CC[C@H](CO[C@@H]3OCCO[C@H]3OC[C@H]3CC[C@H](CC[C@H]4CC[C@H](CCCOC(=O)C=C)CC4)CC3)CC2)CC1. The Morgan fingerprint density at radius 3 is 1.02 bits per heavy atom. The largest absolute Gasteiger partial charge is 0.463 e. The summed E-state index contributed by atoms with van der Waals surface area (Å²) in [5.41, 5.74) is 0. The van der Waals surface area contributed by atoms with Crippen molar-refractivity contribution in [3.8, 4) is 0 Å². The van der Waals surface area contributed by atoms with Gasteiger partial charge in [-0.25, -0.2) is 9.59 Å². The molecule has 2 atom stereocenters. The molecule has 0 bridgehead atoms. The maximum atomic E-state index is 11.2. The van der Waals surface area contributed by atoms with E-state index in [1.54, 1.807) is 0 Å². The monoisotopic (exact) mass is 757 g/mol. The molecule has 1 heterocycles. The van der Waals surface area contributed by atoms with E-state index in [4.69, 9.17) is 28.4 Å². The zero-order valence-electron chi connectivity index (χ0n) is 33.8.